The molecule has 2 heterocycles. The summed E-state index contributed by atoms with van der Waals surface area (Å²) in [5, 5.41) is 7.20. The Labute approximate surface area is 136 Å². The quantitative estimate of drug-likeness (QED) is 0.935. The van der Waals surface area contributed by atoms with Crippen LogP contribution < -0.4 is 5.32 Å². The first-order valence-corrected chi connectivity index (χ1v) is 8.10. The molecule has 1 aliphatic rings. The van der Waals surface area contributed by atoms with Crippen LogP contribution in [0.5, 0.6) is 0 Å². The molecule has 1 aliphatic heterocycles. The van der Waals surface area contributed by atoms with Gasteiger partial charge in [0.1, 0.15) is 0 Å². The molecule has 122 valence electrons. The summed E-state index contributed by atoms with van der Waals surface area (Å²) in [6.45, 7) is 7.29. The number of carbonyl (C=O) groups excluding carboxylic acids is 1. The molecule has 1 aromatic carbocycles. The fourth-order valence-corrected chi connectivity index (χ4v) is 2.74. The normalized spacial score (nSPS) is 15.6. The molecule has 1 N–H and O–H groups in total. The summed E-state index contributed by atoms with van der Waals surface area (Å²) in [6.07, 6.45) is 3.67. The lowest BCUT2D eigenvalue weighted by atomic mass is 10.2. The predicted molar refractivity (Wildman–Crippen MR) is 89.5 cm³/mol. The zero-order valence-electron chi connectivity index (χ0n) is 13.5. The van der Waals surface area contributed by atoms with Crippen molar-refractivity contribution in [2.75, 3.05) is 32.7 Å². The summed E-state index contributed by atoms with van der Waals surface area (Å²) < 4.78 is 1.82. The van der Waals surface area contributed by atoms with Gasteiger partial charge in [-0.3, -0.25) is 0 Å². The van der Waals surface area contributed by atoms with Crippen LogP contribution in [-0.4, -0.2) is 58.3 Å². The van der Waals surface area contributed by atoms with Crippen LogP contribution in [0.25, 0.3) is 5.69 Å². The molecule has 0 spiro atoms. The summed E-state index contributed by atoms with van der Waals surface area (Å²) in [7, 11) is 0. The minimum atomic E-state index is 0.0249. The van der Waals surface area contributed by atoms with E-state index in [1.54, 1.807) is 6.20 Å². The van der Waals surface area contributed by atoms with Crippen LogP contribution in [0.3, 0.4) is 0 Å². The largest absolute Gasteiger partial charge is 0.334 e. The molecule has 2 amide bonds. The molecule has 2 aromatic rings. The Bertz CT molecular complexity index is 615. The smallest absolute Gasteiger partial charge is 0.317 e. The van der Waals surface area contributed by atoms with E-state index in [-0.39, 0.29) is 6.03 Å². The van der Waals surface area contributed by atoms with Crippen molar-refractivity contribution in [1.29, 1.82) is 0 Å². The number of likely N-dealkylation sites (N-methyl/N-ethyl adjacent to an activating group) is 1. The molecule has 3 rings (SSSR count). The van der Waals surface area contributed by atoms with E-state index >= 15 is 0 Å². The van der Waals surface area contributed by atoms with Gasteiger partial charge in [0.05, 0.1) is 5.69 Å². The molecule has 1 saturated heterocycles. The van der Waals surface area contributed by atoms with Crippen LogP contribution in [0.15, 0.2) is 42.7 Å². The van der Waals surface area contributed by atoms with Crippen molar-refractivity contribution in [2.24, 2.45) is 0 Å². The first-order valence-electron chi connectivity index (χ1n) is 8.10. The van der Waals surface area contributed by atoms with Gasteiger partial charge in [0, 0.05) is 45.1 Å². The number of benzene rings is 1. The second-order valence-corrected chi connectivity index (χ2v) is 5.70. The maximum Gasteiger partial charge on any atom is 0.317 e. The van der Waals surface area contributed by atoms with Gasteiger partial charge in [-0.2, -0.15) is 5.10 Å². The van der Waals surface area contributed by atoms with Crippen molar-refractivity contribution in [3.63, 3.8) is 0 Å². The number of rotatable bonds is 4. The first-order chi connectivity index (χ1) is 11.3. The summed E-state index contributed by atoms with van der Waals surface area (Å²) in [5.41, 5.74) is 2.10. The van der Waals surface area contributed by atoms with Crippen LogP contribution >= 0.6 is 0 Å². The van der Waals surface area contributed by atoms with Gasteiger partial charge in [-0.05, 0) is 30.3 Å². The SMILES string of the molecule is CCN1CCN(C(=O)NCc2ccc(-n3cccn3)cc2)CC1. The molecule has 0 bridgehead atoms. The number of carbonyl (C=O) groups is 1. The lowest BCUT2D eigenvalue weighted by molar-refractivity contribution is 0.142. The molecule has 1 aromatic heterocycles. The van der Waals surface area contributed by atoms with Gasteiger partial charge in [0.15, 0.2) is 0 Å². The number of amides is 2. The second kappa shape index (κ2) is 7.28. The number of aromatic nitrogens is 2. The van der Waals surface area contributed by atoms with Crippen molar-refractivity contribution in [3.8, 4) is 5.69 Å². The molecule has 0 radical (unpaired) electrons. The lowest BCUT2D eigenvalue weighted by Gasteiger charge is -2.34. The van der Waals surface area contributed by atoms with Crippen LogP contribution in [-0.2, 0) is 6.54 Å². The van der Waals surface area contributed by atoms with Crippen LogP contribution in [0.1, 0.15) is 12.5 Å². The van der Waals surface area contributed by atoms with Gasteiger partial charge in [-0.15, -0.1) is 0 Å². The zero-order valence-corrected chi connectivity index (χ0v) is 13.5. The van der Waals surface area contributed by atoms with Gasteiger partial charge >= 0.3 is 6.03 Å². The number of hydrogen-bond acceptors (Lipinski definition) is 3. The number of urea groups is 1. The van der Waals surface area contributed by atoms with E-state index in [0.717, 1.165) is 44.0 Å². The summed E-state index contributed by atoms with van der Waals surface area (Å²) >= 11 is 0. The Balaban J connectivity index is 1.49. The van der Waals surface area contributed by atoms with Crippen molar-refractivity contribution in [1.82, 2.24) is 24.9 Å². The first kappa shape index (κ1) is 15.6. The topological polar surface area (TPSA) is 53.4 Å². The summed E-state index contributed by atoms with van der Waals surface area (Å²) in [4.78, 5) is 16.5. The maximum atomic E-state index is 12.2. The molecule has 0 aliphatic carbocycles. The highest BCUT2D eigenvalue weighted by molar-refractivity contribution is 5.74. The standard InChI is InChI=1S/C17H23N5O/c1-2-20-10-12-21(13-11-20)17(23)18-14-15-4-6-16(7-5-15)22-9-3-8-19-22/h3-9H,2,10-14H2,1H3,(H,18,23). The molecule has 6 nitrogen and oxygen atoms in total. The van der Waals surface area contributed by atoms with E-state index < -0.39 is 0 Å². The fourth-order valence-electron chi connectivity index (χ4n) is 2.74. The average Bonchev–Trinajstić information content (AvgIpc) is 3.15. The highest BCUT2D eigenvalue weighted by Gasteiger charge is 2.19. The monoisotopic (exact) mass is 313 g/mol. The lowest BCUT2D eigenvalue weighted by Crippen LogP contribution is -2.51. The zero-order chi connectivity index (χ0) is 16.1. The molecule has 1 fully saturated rings. The molecule has 6 heteroatoms. The highest BCUT2D eigenvalue weighted by Crippen LogP contribution is 2.09. The van der Waals surface area contributed by atoms with Crippen LogP contribution in [0.4, 0.5) is 4.79 Å². The highest BCUT2D eigenvalue weighted by atomic mass is 16.2. The minimum absolute atomic E-state index is 0.0249. The predicted octanol–water partition coefficient (Wildman–Crippen LogP) is 1.72. The number of nitrogens with zero attached hydrogens (tertiary/aromatic N) is 4. The van der Waals surface area contributed by atoms with Crippen molar-refractivity contribution >= 4 is 6.03 Å². The van der Waals surface area contributed by atoms with E-state index in [0.29, 0.717) is 6.54 Å². The van der Waals surface area contributed by atoms with Gasteiger partial charge in [-0.25, -0.2) is 9.48 Å². The van der Waals surface area contributed by atoms with Crippen molar-refractivity contribution in [2.45, 2.75) is 13.5 Å². The van der Waals surface area contributed by atoms with E-state index in [4.69, 9.17) is 0 Å². The van der Waals surface area contributed by atoms with Crippen LogP contribution in [0, 0.1) is 0 Å². The molecule has 0 unspecified atom stereocenters. The van der Waals surface area contributed by atoms with Gasteiger partial charge < -0.3 is 15.1 Å². The van der Waals surface area contributed by atoms with Gasteiger partial charge in [0.2, 0.25) is 0 Å². The maximum absolute atomic E-state index is 12.2. The number of nitrogens with one attached hydrogen (secondary N) is 1. The number of hydrogen-bond donors (Lipinski definition) is 1. The Morgan fingerprint density at radius 3 is 2.52 bits per heavy atom. The number of piperazine rings is 1. The van der Waals surface area contributed by atoms with E-state index in [1.165, 1.54) is 0 Å². The third-order valence-electron chi connectivity index (χ3n) is 4.26. The molecule has 0 atom stereocenters. The van der Waals surface area contributed by atoms with Crippen molar-refractivity contribution in [3.05, 3.63) is 48.3 Å². The Kier molecular flexibility index (Phi) is 4.92. The molecule has 0 saturated carbocycles. The molecular formula is C17H23N5O. The second-order valence-electron chi connectivity index (χ2n) is 5.70. The van der Waals surface area contributed by atoms with E-state index in [2.05, 4.69) is 22.2 Å². The summed E-state index contributed by atoms with van der Waals surface area (Å²) in [5.74, 6) is 0. The Hall–Kier alpha value is -2.34. The molecule has 23 heavy (non-hydrogen) atoms. The van der Waals surface area contributed by atoms with E-state index in [9.17, 15) is 4.79 Å². The van der Waals surface area contributed by atoms with E-state index in [1.807, 2.05) is 46.1 Å². The van der Waals surface area contributed by atoms with Crippen LogP contribution in [0.2, 0.25) is 0 Å². The third-order valence-corrected chi connectivity index (χ3v) is 4.26. The average molecular weight is 313 g/mol. The summed E-state index contributed by atoms with van der Waals surface area (Å²) in [6, 6.07) is 9.98. The minimum Gasteiger partial charge on any atom is -0.334 e. The Morgan fingerprint density at radius 2 is 1.91 bits per heavy atom. The fraction of sp³-hybridized carbons (Fsp3) is 0.412. The van der Waals surface area contributed by atoms with Gasteiger partial charge in [0.25, 0.3) is 0 Å². The molecular weight excluding hydrogens is 290 g/mol. The van der Waals surface area contributed by atoms with Gasteiger partial charge in [-0.1, -0.05) is 19.1 Å². The third kappa shape index (κ3) is 3.90. The van der Waals surface area contributed by atoms with Crippen molar-refractivity contribution < 1.29 is 4.79 Å². The Morgan fingerprint density at radius 1 is 1.17 bits per heavy atom.